The lowest BCUT2D eigenvalue weighted by atomic mass is 10.2. The first-order valence-electron chi connectivity index (χ1n) is 4.90. The van der Waals surface area contributed by atoms with Gasteiger partial charge in [0.2, 0.25) is 0 Å². The second-order valence-electron chi connectivity index (χ2n) is 3.64. The highest BCUT2D eigenvalue weighted by Gasteiger charge is 2.29. The molecule has 1 aliphatic carbocycles. The van der Waals surface area contributed by atoms with Gasteiger partial charge < -0.3 is 0 Å². The zero-order chi connectivity index (χ0) is 9.26. The maximum atomic E-state index is 11.5. The summed E-state index contributed by atoms with van der Waals surface area (Å²) >= 11 is 1.79. The van der Waals surface area contributed by atoms with Gasteiger partial charge in [0, 0.05) is 22.1 Å². The van der Waals surface area contributed by atoms with Crippen molar-refractivity contribution in [3.8, 4) is 0 Å². The van der Waals surface area contributed by atoms with Crippen LogP contribution in [0.25, 0.3) is 0 Å². The van der Waals surface area contributed by atoms with Gasteiger partial charge in [-0.05, 0) is 31.4 Å². The highest BCUT2D eigenvalue weighted by molar-refractivity contribution is 7.12. The molecule has 0 radical (unpaired) electrons. The first-order chi connectivity index (χ1) is 6.29. The number of ketones is 1. The van der Waals surface area contributed by atoms with E-state index in [9.17, 15) is 4.79 Å². The maximum Gasteiger partial charge on any atom is 0.141 e. The minimum atomic E-state index is 0.409. The fourth-order valence-corrected chi connectivity index (χ4v) is 2.40. The second kappa shape index (κ2) is 3.62. The topological polar surface area (TPSA) is 17.1 Å². The van der Waals surface area contributed by atoms with Crippen LogP contribution in [0, 0.1) is 5.92 Å². The van der Waals surface area contributed by atoms with E-state index >= 15 is 0 Å². The van der Waals surface area contributed by atoms with Crippen molar-refractivity contribution < 1.29 is 4.79 Å². The zero-order valence-corrected chi connectivity index (χ0v) is 8.69. The van der Waals surface area contributed by atoms with Gasteiger partial charge in [0.05, 0.1) is 0 Å². The number of thiophene rings is 1. The van der Waals surface area contributed by atoms with Gasteiger partial charge in [-0.1, -0.05) is 6.92 Å². The molecule has 2 rings (SSSR count). The summed E-state index contributed by atoms with van der Waals surface area (Å²) in [6, 6.07) is 4.24. The summed E-state index contributed by atoms with van der Waals surface area (Å²) in [4.78, 5) is 14.1. The summed E-state index contributed by atoms with van der Waals surface area (Å²) in [5.74, 6) is 0.858. The van der Waals surface area contributed by atoms with E-state index in [-0.39, 0.29) is 0 Å². The molecule has 1 fully saturated rings. The summed E-state index contributed by atoms with van der Waals surface area (Å²) in [5, 5.41) is 0. The molecule has 0 spiro atoms. The van der Waals surface area contributed by atoms with Crippen LogP contribution >= 0.6 is 11.3 Å². The summed E-state index contributed by atoms with van der Waals surface area (Å²) in [6.07, 6.45) is 4.02. The van der Waals surface area contributed by atoms with E-state index in [1.807, 2.05) is 0 Å². The summed E-state index contributed by atoms with van der Waals surface area (Å²) in [7, 11) is 0. The molecule has 1 saturated carbocycles. The minimum absolute atomic E-state index is 0.409. The third-order valence-electron chi connectivity index (χ3n) is 2.45. The standard InChI is InChI=1S/C11H14OS/c1-2-9-5-6-10(13-9)7-11(12)8-3-4-8/h5-6,8H,2-4,7H2,1H3. The average molecular weight is 194 g/mol. The molecule has 0 unspecified atom stereocenters. The average Bonchev–Trinajstić information content (AvgIpc) is 2.88. The maximum absolute atomic E-state index is 11.5. The molecule has 0 atom stereocenters. The Morgan fingerprint density at radius 2 is 2.15 bits per heavy atom. The molecule has 1 aromatic heterocycles. The van der Waals surface area contributed by atoms with E-state index in [0.717, 1.165) is 19.3 Å². The van der Waals surface area contributed by atoms with Crippen molar-refractivity contribution >= 4 is 17.1 Å². The third-order valence-corrected chi connectivity index (χ3v) is 3.68. The van der Waals surface area contributed by atoms with Crippen molar-refractivity contribution in [2.24, 2.45) is 5.92 Å². The van der Waals surface area contributed by atoms with Crippen LogP contribution in [0.2, 0.25) is 0 Å². The Hall–Kier alpha value is -0.630. The Morgan fingerprint density at radius 3 is 2.69 bits per heavy atom. The predicted molar refractivity (Wildman–Crippen MR) is 55.1 cm³/mol. The summed E-state index contributed by atoms with van der Waals surface area (Å²) < 4.78 is 0. The van der Waals surface area contributed by atoms with Crippen LogP contribution in [0.1, 0.15) is 29.5 Å². The molecule has 0 aromatic carbocycles. The van der Waals surface area contributed by atoms with Gasteiger partial charge >= 0.3 is 0 Å². The molecule has 1 nitrogen and oxygen atoms in total. The van der Waals surface area contributed by atoms with Gasteiger partial charge in [-0.25, -0.2) is 0 Å². The van der Waals surface area contributed by atoms with Crippen molar-refractivity contribution in [2.45, 2.75) is 32.6 Å². The molecule has 0 N–H and O–H groups in total. The predicted octanol–water partition coefficient (Wildman–Crippen LogP) is 2.83. The Labute approximate surface area is 82.8 Å². The van der Waals surface area contributed by atoms with Gasteiger partial charge in [-0.3, -0.25) is 4.79 Å². The van der Waals surface area contributed by atoms with E-state index in [1.165, 1.54) is 9.75 Å². The van der Waals surface area contributed by atoms with Gasteiger partial charge in [-0.2, -0.15) is 0 Å². The van der Waals surface area contributed by atoms with Crippen LogP contribution in [0.4, 0.5) is 0 Å². The highest BCUT2D eigenvalue weighted by atomic mass is 32.1. The van der Waals surface area contributed by atoms with E-state index in [4.69, 9.17) is 0 Å². The van der Waals surface area contributed by atoms with E-state index in [2.05, 4.69) is 19.1 Å². The smallest absolute Gasteiger partial charge is 0.141 e. The Bertz CT molecular complexity index is 310. The Balaban J connectivity index is 1.96. The van der Waals surface area contributed by atoms with Crippen molar-refractivity contribution in [3.63, 3.8) is 0 Å². The zero-order valence-electron chi connectivity index (χ0n) is 7.88. The number of hydrogen-bond donors (Lipinski definition) is 0. The van der Waals surface area contributed by atoms with Crippen molar-refractivity contribution in [1.29, 1.82) is 0 Å². The molecule has 13 heavy (non-hydrogen) atoms. The van der Waals surface area contributed by atoms with Crippen molar-refractivity contribution in [1.82, 2.24) is 0 Å². The Kier molecular flexibility index (Phi) is 2.49. The third kappa shape index (κ3) is 2.19. The Morgan fingerprint density at radius 1 is 1.46 bits per heavy atom. The molecule has 70 valence electrons. The van der Waals surface area contributed by atoms with Crippen LogP contribution in [0.15, 0.2) is 12.1 Å². The van der Waals surface area contributed by atoms with Crippen molar-refractivity contribution in [3.05, 3.63) is 21.9 Å². The van der Waals surface area contributed by atoms with Crippen LogP contribution < -0.4 is 0 Å². The fraction of sp³-hybridized carbons (Fsp3) is 0.545. The molecule has 0 amide bonds. The minimum Gasteiger partial charge on any atom is -0.299 e. The molecule has 0 saturated heterocycles. The van der Waals surface area contributed by atoms with Gasteiger partial charge in [-0.15, -0.1) is 11.3 Å². The van der Waals surface area contributed by atoms with Gasteiger partial charge in [0.1, 0.15) is 5.78 Å². The molecule has 1 heterocycles. The second-order valence-corrected chi connectivity index (χ2v) is 4.89. The molecular formula is C11H14OS. The number of carbonyl (C=O) groups excluding carboxylic acids is 1. The number of aryl methyl sites for hydroxylation is 1. The monoisotopic (exact) mass is 194 g/mol. The fourth-order valence-electron chi connectivity index (χ4n) is 1.43. The van der Waals surface area contributed by atoms with Crippen molar-refractivity contribution in [2.75, 3.05) is 0 Å². The first-order valence-corrected chi connectivity index (χ1v) is 5.71. The first kappa shape index (κ1) is 8.95. The molecule has 1 aliphatic rings. The number of rotatable bonds is 4. The molecular weight excluding hydrogens is 180 g/mol. The highest BCUT2D eigenvalue weighted by Crippen LogP contribution is 2.31. The van der Waals surface area contributed by atoms with E-state index < -0.39 is 0 Å². The number of Topliss-reactive ketones (excluding diaryl/α,β-unsaturated/α-hetero) is 1. The van der Waals surface area contributed by atoms with Crippen LogP contribution in [-0.2, 0) is 17.6 Å². The van der Waals surface area contributed by atoms with Gasteiger partial charge in [0.15, 0.2) is 0 Å². The molecule has 1 aromatic rings. The van der Waals surface area contributed by atoms with Crippen LogP contribution in [0.5, 0.6) is 0 Å². The lowest BCUT2D eigenvalue weighted by molar-refractivity contribution is -0.119. The lowest BCUT2D eigenvalue weighted by Crippen LogP contribution is -2.02. The van der Waals surface area contributed by atoms with E-state index in [0.29, 0.717) is 18.1 Å². The summed E-state index contributed by atoms with van der Waals surface area (Å²) in [5.41, 5.74) is 0. The number of hydrogen-bond acceptors (Lipinski definition) is 2. The lowest BCUT2D eigenvalue weighted by Gasteiger charge is -1.93. The summed E-state index contributed by atoms with van der Waals surface area (Å²) in [6.45, 7) is 2.15. The SMILES string of the molecule is CCc1ccc(CC(=O)C2CC2)s1. The molecule has 0 aliphatic heterocycles. The normalized spacial score (nSPS) is 16.1. The largest absolute Gasteiger partial charge is 0.299 e. The molecule has 0 bridgehead atoms. The quantitative estimate of drug-likeness (QED) is 0.720. The number of carbonyl (C=O) groups is 1. The van der Waals surface area contributed by atoms with E-state index in [1.54, 1.807) is 11.3 Å². The van der Waals surface area contributed by atoms with Crippen LogP contribution in [0.3, 0.4) is 0 Å². The van der Waals surface area contributed by atoms with Gasteiger partial charge in [0.25, 0.3) is 0 Å². The van der Waals surface area contributed by atoms with Crippen LogP contribution in [-0.4, -0.2) is 5.78 Å². The molecule has 2 heteroatoms.